The third-order valence-electron chi connectivity index (χ3n) is 6.01. The molecule has 0 saturated heterocycles. The van der Waals surface area contributed by atoms with Crippen LogP contribution in [-0.2, 0) is 12.8 Å². The number of hydrogen-bond acceptors (Lipinski definition) is 7. The molecule has 3 heterocycles. The van der Waals surface area contributed by atoms with E-state index < -0.39 is 0 Å². The zero-order valence-electron chi connectivity index (χ0n) is 18.2. The van der Waals surface area contributed by atoms with Crippen LogP contribution in [0.4, 0.5) is 10.8 Å². The maximum Gasteiger partial charge on any atom is 0.256 e. The molecule has 1 aliphatic carbocycles. The number of rotatable bonds is 5. The van der Waals surface area contributed by atoms with Gasteiger partial charge in [-0.25, -0.2) is 9.97 Å². The molecule has 168 valence electrons. The van der Waals surface area contributed by atoms with Crippen molar-refractivity contribution in [2.45, 2.75) is 25.7 Å². The quantitative estimate of drug-likeness (QED) is 0.221. The molecule has 0 atom stereocenters. The second kappa shape index (κ2) is 8.96. The summed E-state index contributed by atoms with van der Waals surface area (Å²) in [6, 6.07) is 17.3. The summed E-state index contributed by atoms with van der Waals surface area (Å²) in [6.07, 6.45) is 7.97. The van der Waals surface area contributed by atoms with Crippen molar-refractivity contribution in [3.63, 3.8) is 0 Å². The van der Waals surface area contributed by atoms with Gasteiger partial charge in [-0.1, -0.05) is 36.4 Å². The summed E-state index contributed by atoms with van der Waals surface area (Å²) in [5, 5.41) is 10.5. The van der Waals surface area contributed by atoms with Gasteiger partial charge >= 0.3 is 0 Å². The molecular weight excluding hydrogens is 462 g/mol. The molecule has 0 saturated carbocycles. The second-order valence-electron chi connectivity index (χ2n) is 8.14. The molecule has 5 aromatic rings. The molecule has 0 radical (unpaired) electrons. The Balaban J connectivity index is 1.33. The van der Waals surface area contributed by atoms with E-state index in [0.29, 0.717) is 5.56 Å². The van der Waals surface area contributed by atoms with Crippen LogP contribution in [0.3, 0.4) is 0 Å². The third-order valence-corrected chi connectivity index (χ3v) is 8.31. The zero-order chi connectivity index (χ0) is 22.9. The average molecular weight is 484 g/mol. The fourth-order valence-corrected chi connectivity index (χ4v) is 6.68. The van der Waals surface area contributed by atoms with E-state index in [4.69, 9.17) is 0 Å². The fraction of sp³-hybridized carbons (Fsp3) is 0.154. The van der Waals surface area contributed by atoms with Crippen molar-refractivity contribution < 1.29 is 4.79 Å². The van der Waals surface area contributed by atoms with Gasteiger partial charge in [0.15, 0.2) is 5.82 Å². The standard InChI is InChI=1S/C26H21N5OS2/c32-24(16-8-2-1-3-9-16)30-25-19(17-10-4-6-12-20(17)33-25)14-29-31-23-22-18-11-5-7-13-21(18)34-26(22)28-15-27-23/h1-4,6,8-10,12,14-15H,5,7,11,13H2,(H,30,32)(H,27,28,31). The summed E-state index contributed by atoms with van der Waals surface area (Å²) in [7, 11) is 0. The van der Waals surface area contributed by atoms with E-state index in [9.17, 15) is 4.79 Å². The van der Waals surface area contributed by atoms with Gasteiger partial charge in [0, 0.05) is 26.1 Å². The normalized spacial score (nSPS) is 13.4. The van der Waals surface area contributed by atoms with E-state index in [-0.39, 0.29) is 5.91 Å². The van der Waals surface area contributed by atoms with E-state index in [0.717, 1.165) is 49.5 Å². The Morgan fingerprint density at radius 2 is 1.79 bits per heavy atom. The first kappa shape index (κ1) is 20.9. The van der Waals surface area contributed by atoms with E-state index in [1.54, 1.807) is 47.3 Å². The van der Waals surface area contributed by atoms with Gasteiger partial charge < -0.3 is 5.32 Å². The van der Waals surface area contributed by atoms with Gasteiger partial charge in [0.2, 0.25) is 0 Å². The van der Waals surface area contributed by atoms with Crippen molar-refractivity contribution in [3.8, 4) is 0 Å². The highest BCUT2D eigenvalue weighted by molar-refractivity contribution is 7.23. The lowest BCUT2D eigenvalue weighted by Crippen LogP contribution is -2.11. The SMILES string of the molecule is O=C(Nc1sc2ccccc2c1C=NNc1ncnc2sc3c(c12)CCCC3)c1ccccc1. The number of nitrogens with zero attached hydrogens (tertiary/aromatic N) is 3. The highest BCUT2D eigenvalue weighted by Crippen LogP contribution is 2.38. The zero-order valence-corrected chi connectivity index (χ0v) is 19.9. The van der Waals surface area contributed by atoms with Crippen molar-refractivity contribution in [1.29, 1.82) is 0 Å². The molecule has 2 aromatic carbocycles. The van der Waals surface area contributed by atoms with Crippen molar-refractivity contribution in [3.05, 3.63) is 82.5 Å². The first-order chi connectivity index (χ1) is 16.8. The summed E-state index contributed by atoms with van der Waals surface area (Å²) in [4.78, 5) is 24.2. The van der Waals surface area contributed by atoms with Crippen LogP contribution in [-0.4, -0.2) is 22.1 Å². The number of carbonyl (C=O) groups excluding carboxylic acids is 1. The summed E-state index contributed by atoms with van der Waals surface area (Å²) in [6.45, 7) is 0. The Labute approximate surface area is 204 Å². The summed E-state index contributed by atoms with van der Waals surface area (Å²) in [5.74, 6) is 0.590. The van der Waals surface area contributed by atoms with Crippen LogP contribution in [0, 0.1) is 0 Å². The predicted molar refractivity (Wildman–Crippen MR) is 141 cm³/mol. The second-order valence-corrected chi connectivity index (χ2v) is 10.3. The molecule has 2 N–H and O–H groups in total. The molecule has 0 bridgehead atoms. The Morgan fingerprint density at radius 1 is 0.971 bits per heavy atom. The molecule has 1 amide bonds. The Morgan fingerprint density at radius 3 is 2.71 bits per heavy atom. The molecule has 6 rings (SSSR count). The minimum atomic E-state index is -0.142. The number of anilines is 2. The van der Waals surface area contributed by atoms with Gasteiger partial charge in [-0.15, -0.1) is 22.7 Å². The lowest BCUT2D eigenvalue weighted by Gasteiger charge is -2.11. The van der Waals surface area contributed by atoms with Gasteiger partial charge in [0.05, 0.1) is 11.6 Å². The van der Waals surface area contributed by atoms with E-state index in [2.05, 4.69) is 31.9 Å². The van der Waals surface area contributed by atoms with E-state index in [1.165, 1.54) is 23.3 Å². The van der Waals surface area contributed by atoms with Crippen LogP contribution in [0.15, 0.2) is 66.0 Å². The molecule has 0 unspecified atom stereocenters. The monoisotopic (exact) mass is 483 g/mol. The van der Waals surface area contributed by atoms with Crippen LogP contribution in [0.5, 0.6) is 0 Å². The highest BCUT2D eigenvalue weighted by atomic mass is 32.1. The summed E-state index contributed by atoms with van der Waals surface area (Å²) in [5.41, 5.74) is 6.01. The first-order valence-electron chi connectivity index (χ1n) is 11.2. The van der Waals surface area contributed by atoms with Gasteiger partial charge in [-0.05, 0) is 49.4 Å². The number of carbonyl (C=O) groups is 1. The lowest BCUT2D eigenvalue weighted by molar-refractivity contribution is 0.102. The fourth-order valence-electron chi connectivity index (χ4n) is 4.38. The molecule has 0 aliphatic heterocycles. The van der Waals surface area contributed by atoms with Gasteiger partial charge in [-0.3, -0.25) is 10.2 Å². The van der Waals surface area contributed by atoms with Crippen LogP contribution >= 0.6 is 22.7 Å². The minimum Gasteiger partial charge on any atom is -0.313 e. The topological polar surface area (TPSA) is 79.3 Å². The van der Waals surface area contributed by atoms with Crippen molar-refractivity contribution in [2.24, 2.45) is 5.10 Å². The molecule has 0 spiro atoms. The number of aromatic nitrogens is 2. The average Bonchev–Trinajstić information content (AvgIpc) is 3.43. The Bertz CT molecular complexity index is 1540. The first-order valence-corrected chi connectivity index (χ1v) is 12.8. The smallest absolute Gasteiger partial charge is 0.256 e. The molecule has 6 nitrogen and oxygen atoms in total. The van der Waals surface area contributed by atoms with Gasteiger partial charge in [-0.2, -0.15) is 5.10 Å². The third kappa shape index (κ3) is 3.85. The number of thiophene rings is 2. The molecule has 3 aromatic heterocycles. The molecule has 1 aliphatic rings. The summed E-state index contributed by atoms with van der Waals surface area (Å²) < 4.78 is 1.09. The van der Waals surface area contributed by atoms with Crippen LogP contribution < -0.4 is 10.7 Å². The highest BCUT2D eigenvalue weighted by Gasteiger charge is 2.20. The number of amides is 1. The lowest BCUT2D eigenvalue weighted by atomic mass is 9.97. The molecular formula is C26H21N5OS2. The number of aryl methyl sites for hydroxylation is 2. The summed E-state index contributed by atoms with van der Waals surface area (Å²) >= 11 is 3.31. The Hall–Kier alpha value is -3.62. The molecule has 8 heteroatoms. The van der Waals surface area contributed by atoms with Gasteiger partial charge in [0.25, 0.3) is 5.91 Å². The number of hydrazone groups is 1. The molecule has 34 heavy (non-hydrogen) atoms. The van der Waals surface area contributed by atoms with Crippen LogP contribution in [0.2, 0.25) is 0 Å². The number of benzene rings is 2. The van der Waals surface area contributed by atoms with Crippen molar-refractivity contribution >= 4 is 65.9 Å². The number of fused-ring (bicyclic) bond motifs is 4. The van der Waals surface area contributed by atoms with Crippen molar-refractivity contribution in [2.75, 3.05) is 10.7 Å². The predicted octanol–water partition coefficient (Wildman–Crippen LogP) is 6.48. The van der Waals surface area contributed by atoms with Crippen LogP contribution in [0.25, 0.3) is 20.3 Å². The van der Waals surface area contributed by atoms with Crippen molar-refractivity contribution in [1.82, 2.24) is 9.97 Å². The maximum absolute atomic E-state index is 12.8. The number of hydrogen-bond donors (Lipinski definition) is 2. The largest absolute Gasteiger partial charge is 0.313 e. The van der Waals surface area contributed by atoms with Gasteiger partial charge in [0.1, 0.15) is 16.2 Å². The van der Waals surface area contributed by atoms with Crippen LogP contribution in [0.1, 0.15) is 39.2 Å². The number of nitrogens with one attached hydrogen (secondary N) is 2. The maximum atomic E-state index is 12.8. The minimum absolute atomic E-state index is 0.142. The van der Waals surface area contributed by atoms with E-state index in [1.807, 2.05) is 36.4 Å². The van der Waals surface area contributed by atoms with E-state index >= 15 is 0 Å². The Kier molecular flexibility index (Phi) is 5.52. The molecule has 0 fully saturated rings.